The third-order valence-electron chi connectivity index (χ3n) is 7.66. The Kier molecular flexibility index (Phi) is 6.28. The molecule has 2 aromatic carbocycles. The number of benzene rings is 2. The van der Waals surface area contributed by atoms with Crippen molar-refractivity contribution in [1.82, 2.24) is 0 Å². The lowest BCUT2D eigenvalue weighted by Crippen LogP contribution is -2.34. The fourth-order valence-corrected chi connectivity index (χ4v) is 5.09. The molecule has 0 amide bonds. The highest BCUT2D eigenvalue weighted by atomic mass is 16.5. The maximum Gasteiger partial charge on any atom is 0.323 e. The molecule has 2 aromatic rings. The summed E-state index contributed by atoms with van der Waals surface area (Å²) in [7, 11) is 1.66. The fraction of sp³-hybridized carbons (Fsp3) is 0.567. The predicted molar refractivity (Wildman–Crippen MR) is 136 cm³/mol. The highest BCUT2D eigenvalue weighted by Crippen LogP contribution is 2.48. The second kappa shape index (κ2) is 8.18. The molecule has 3 heteroatoms. The molecule has 1 aliphatic rings. The van der Waals surface area contributed by atoms with E-state index in [0.29, 0.717) is 5.75 Å². The summed E-state index contributed by atoms with van der Waals surface area (Å²) in [5, 5.41) is 0. The molecule has 0 aliphatic carbocycles. The number of hydrogen-bond donors (Lipinski definition) is 0. The lowest BCUT2D eigenvalue weighted by atomic mass is 9.65. The Morgan fingerprint density at radius 1 is 0.818 bits per heavy atom. The monoisotopic (exact) mass is 450 g/mol. The summed E-state index contributed by atoms with van der Waals surface area (Å²) in [5.41, 5.74) is 4.37. The molecule has 1 atom stereocenters. The molecule has 180 valence electrons. The molecule has 0 saturated heterocycles. The SMILES string of the molecule is COc1ccc(C(C)(C)C(C)(C)C)cc1C1C(=O)Oc2ccc(C(C)(C)CC(C)(C)C)cc21. The number of carbonyl (C=O) groups is 1. The Hall–Kier alpha value is -2.29. The van der Waals surface area contributed by atoms with Gasteiger partial charge in [-0.2, -0.15) is 0 Å². The standard InChI is InChI=1S/C30H42O3/c1-27(2,3)18-29(7,8)19-12-15-24-22(16-19)25(26(31)33-24)21-17-20(13-14-23(21)32-11)30(9,10)28(4,5)6/h12-17,25H,18H2,1-11H3. The number of rotatable bonds is 5. The van der Waals surface area contributed by atoms with Gasteiger partial charge in [0.1, 0.15) is 17.4 Å². The molecule has 1 unspecified atom stereocenters. The van der Waals surface area contributed by atoms with Crippen LogP contribution < -0.4 is 9.47 Å². The van der Waals surface area contributed by atoms with Crippen molar-refractivity contribution in [2.24, 2.45) is 10.8 Å². The van der Waals surface area contributed by atoms with Gasteiger partial charge in [0.25, 0.3) is 0 Å². The molecule has 0 spiro atoms. The maximum absolute atomic E-state index is 13.2. The van der Waals surface area contributed by atoms with E-state index in [0.717, 1.165) is 23.3 Å². The van der Waals surface area contributed by atoms with Crippen LogP contribution in [0.25, 0.3) is 0 Å². The van der Waals surface area contributed by atoms with Crippen LogP contribution in [0.3, 0.4) is 0 Å². The van der Waals surface area contributed by atoms with Crippen LogP contribution in [0.4, 0.5) is 0 Å². The Balaban J connectivity index is 2.15. The lowest BCUT2D eigenvalue weighted by Gasteiger charge is -2.40. The maximum atomic E-state index is 13.2. The fourth-order valence-electron chi connectivity index (χ4n) is 5.09. The van der Waals surface area contributed by atoms with Crippen LogP contribution >= 0.6 is 0 Å². The van der Waals surface area contributed by atoms with E-state index in [4.69, 9.17) is 9.47 Å². The molecule has 3 nitrogen and oxygen atoms in total. The number of methoxy groups -OCH3 is 1. The van der Waals surface area contributed by atoms with Gasteiger partial charge >= 0.3 is 5.97 Å². The predicted octanol–water partition coefficient (Wildman–Crippen LogP) is 7.78. The van der Waals surface area contributed by atoms with E-state index < -0.39 is 5.92 Å². The Labute approximate surface area is 200 Å². The first-order chi connectivity index (χ1) is 15.0. The Bertz CT molecular complexity index is 1050. The first-order valence-corrected chi connectivity index (χ1v) is 12.0. The van der Waals surface area contributed by atoms with Gasteiger partial charge in [-0.3, -0.25) is 4.79 Å². The lowest BCUT2D eigenvalue weighted by molar-refractivity contribution is -0.133. The minimum absolute atomic E-state index is 0.0242. The van der Waals surface area contributed by atoms with Crippen LogP contribution in [0.15, 0.2) is 36.4 Å². The zero-order valence-electron chi connectivity index (χ0n) is 22.5. The second-order valence-electron chi connectivity index (χ2n) is 13.1. The summed E-state index contributed by atoms with van der Waals surface area (Å²) >= 11 is 0. The number of fused-ring (bicyclic) bond motifs is 1. The van der Waals surface area contributed by atoms with Crippen LogP contribution in [0.2, 0.25) is 0 Å². The molecule has 1 heterocycles. The first kappa shape index (κ1) is 25.3. The van der Waals surface area contributed by atoms with E-state index in [1.165, 1.54) is 11.1 Å². The summed E-state index contributed by atoms with van der Waals surface area (Å²) in [6, 6.07) is 12.5. The van der Waals surface area contributed by atoms with Gasteiger partial charge in [-0.15, -0.1) is 0 Å². The van der Waals surface area contributed by atoms with Crippen LogP contribution in [-0.2, 0) is 15.6 Å². The molecule has 1 aliphatic heterocycles. The molecule has 0 fully saturated rings. The highest BCUT2D eigenvalue weighted by Gasteiger charge is 2.40. The molecule has 0 aromatic heterocycles. The number of esters is 1. The molecule has 33 heavy (non-hydrogen) atoms. The summed E-state index contributed by atoms with van der Waals surface area (Å²) in [6.07, 6.45) is 1.04. The summed E-state index contributed by atoms with van der Waals surface area (Å²) < 4.78 is 11.5. The van der Waals surface area contributed by atoms with Crippen LogP contribution in [-0.4, -0.2) is 13.1 Å². The third-order valence-corrected chi connectivity index (χ3v) is 7.66. The third kappa shape index (κ3) is 4.83. The molecule has 0 radical (unpaired) electrons. The molecule has 0 bridgehead atoms. The summed E-state index contributed by atoms with van der Waals surface area (Å²) in [5.74, 6) is 0.649. The van der Waals surface area contributed by atoms with Gasteiger partial charge < -0.3 is 9.47 Å². The van der Waals surface area contributed by atoms with Crippen molar-refractivity contribution >= 4 is 5.97 Å². The average Bonchev–Trinajstić information content (AvgIpc) is 2.99. The van der Waals surface area contributed by atoms with Gasteiger partial charge in [0.2, 0.25) is 0 Å². The van der Waals surface area contributed by atoms with Crippen molar-refractivity contribution < 1.29 is 14.3 Å². The zero-order valence-corrected chi connectivity index (χ0v) is 22.5. The van der Waals surface area contributed by atoms with Gasteiger partial charge in [-0.05, 0) is 51.3 Å². The van der Waals surface area contributed by atoms with Gasteiger partial charge in [0.05, 0.1) is 7.11 Å². The molecule has 0 N–H and O–H groups in total. The van der Waals surface area contributed by atoms with Crippen LogP contribution in [0.1, 0.15) is 104 Å². The van der Waals surface area contributed by atoms with Crippen molar-refractivity contribution in [3.8, 4) is 11.5 Å². The molecular weight excluding hydrogens is 408 g/mol. The molecular formula is C30H42O3. The highest BCUT2D eigenvalue weighted by molar-refractivity contribution is 5.90. The molecule has 3 rings (SSSR count). The topological polar surface area (TPSA) is 35.5 Å². The van der Waals surface area contributed by atoms with E-state index in [2.05, 4.69) is 93.5 Å². The van der Waals surface area contributed by atoms with Crippen molar-refractivity contribution in [3.05, 3.63) is 58.7 Å². The number of carbonyl (C=O) groups excluding carboxylic acids is 1. The summed E-state index contributed by atoms with van der Waals surface area (Å²) in [4.78, 5) is 13.2. The largest absolute Gasteiger partial charge is 0.496 e. The van der Waals surface area contributed by atoms with E-state index in [1.54, 1.807) is 7.11 Å². The zero-order chi connectivity index (χ0) is 25.0. The minimum atomic E-state index is -0.490. The van der Waals surface area contributed by atoms with Gasteiger partial charge in [0, 0.05) is 11.1 Å². The number of ether oxygens (including phenoxy) is 2. The number of hydrogen-bond acceptors (Lipinski definition) is 3. The van der Waals surface area contributed by atoms with E-state index in [1.807, 2.05) is 12.1 Å². The van der Waals surface area contributed by atoms with Gasteiger partial charge in [-0.25, -0.2) is 0 Å². The van der Waals surface area contributed by atoms with Crippen LogP contribution in [0.5, 0.6) is 11.5 Å². The van der Waals surface area contributed by atoms with E-state index in [-0.39, 0.29) is 27.6 Å². The Morgan fingerprint density at radius 2 is 1.39 bits per heavy atom. The Morgan fingerprint density at radius 3 is 1.94 bits per heavy atom. The quantitative estimate of drug-likeness (QED) is 0.344. The van der Waals surface area contributed by atoms with Crippen LogP contribution in [0, 0.1) is 10.8 Å². The normalized spacial score (nSPS) is 17.1. The van der Waals surface area contributed by atoms with Gasteiger partial charge in [0.15, 0.2) is 0 Å². The van der Waals surface area contributed by atoms with Crippen molar-refractivity contribution in [3.63, 3.8) is 0 Å². The van der Waals surface area contributed by atoms with E-state index in [9.17, 15) is 4.79 Å². The van der Waals surface area contributed by atoms with Crippen molar-refractivity contribution in [2.45, 2.75) is 92.4 Å². The minimum Gasteiger partial charge on any atom is -0.496 e. The molecule has 0 saturated carbocycles. The second-order valence-corrected chi connectivity index (χ2v) is 13.1. The van der Waals surface area contributed by atoms with Gasteiger partial charge in [-0.1, -0.05) is 93.5 Å². The average molecular weight is 451 g/mol. The van der Waals surface area contributed by atoms with E-state index >= 15 is 0 Å². The van der Waals surface area contributed by atoms with Crippen molar-refractivity contribution in [2.75, 3.05) is 7.11 Å². The van der Waals surface area contributed by atoms with Crippen molar-refractivity contribution in [1.29, 1.82) is 0 Å². The first-order valence-electron chi connectivity index (χ1n) is 12.0. The smallest absolute Gasteiger partial charge is 0.323 e. The summed E-state index contributed by atoms with van der Waals surface area (Å²) in [6.45, 7) is 22.6.